The molecule has 118 valence electrons. The summed E-state index contributed by atoms with van der Waals surface area (Å²) in [4.78, 5) is 11.9. The molecule has 1 rings (SSSR count). The van der Waals surface area contributed by atoms with Gasteiger partial charge in [-0.05, 0) is 31.4 Å². The van der Waals surface area contributed by atoms with Gasteiger partial charge in [0, 0.05) is 0 Å². The molecule has 0 spiro atoms. The Bertz CT molecular complexity index is 560. The van der Waals surface area contributed by atoms with Crippen molar-refractivity contribution in [2.75, 3.05) is 6.61 Å². The molecule has 0 amide bonds. The quantitative estimate of drug-likeness (QED) is 0.571. The topological polar surface area (TPSA) is 69.7 Å². The predicted molar refractivity (Wildman–Crippen MR) is 79.3 cm³/mol. The molecule has 0 radical (unpaired) electrons. The molecule has 0 bridgehead atoms. The molecule has 0 saturated heterocycles. The zero-order valence-corrected chi connectivity index (χ0v) is 13.6. The van der Waals surface area contributed by atoms with Gasteiger partial charge in [0.25, 0.3) is 10.1 Å². The van der Waals surface area contributed by atoms with Gasteiger partial charge in [-0.25, -0.2) is 4.79 Å². The van der Waals surface area contributed by atoms with Gasteiger partial charge in [0.15, 0.2) is 6.10 Å². The third-order valence-electron chi connectivity index (χ3n) is 2.75. The van der Waals surface area contributed by atoms with Crippen LogP contribution >= 0.6 is 0 Å². The number of hydrogen-bond acceptors (Lipinski definition) is 5. The van der Waals surface area contributed by atoms with Gasteiger partial charge in [-0.3, -0.25) is 4.18 Å². The van der Waals surface area contributed by atoms with Crippen molar-refractivity contribution in [1.82, 2.24) is 0 Å². The smallest absolute Gasteiger partial charge is 0.336 e. The maximum absolute atomic E-state index is 12.1. The van der Waals surface area contributed by atoms with Gasteiger partial charge in [-0.1, -0.05) is 38.5 Å². The second-order valence-corrected chi connectivity index (χ2v) is 6.86. The largest absolute Gasteiger partial charge is 0.463 e. The fraction of sp³-hybridized carbons (Fsp3) is 0.533. The van der Waals surface area contributed by atoms with E-state index in [9.17, 15) is 13.2 Å². The normalized spacial score (nSPS) is 13.2. The summed E-state index contributed by atoms with van der Waals surface area (Å²) >= 11 is 0. The number of hydrogen-bond donors (Lipinski definition) is 0. The van der Waals surface area contributed by atoms with Crippen molar-refractivity contribution in [2.24, 2.45) is 5.92 Å². The highest BCUT2D eigenvalue weighted by molar-refractivity contribution is 7.86. The predicted octanol–water partition coefficient (Wildman–Crippen LogP) is 2.68. The summed E-state index contributed by atoms with van der Waals surface area (Å²) in [5.41, 5.74) is 0.942. The minimum absolute atomic E-state index is 0.0307. The van der Waals surface area contributed by atoms with Crippen LogP contribution in [0, 0.1) is 12.8 Å². The maximum atomic E-state index is 12.1. The van der Waals surface area contributed by atoms with E-state index in [1.807, 2.05) is 20.8 Å². The molecule has 1 aromatic rings. The zero-order valence-electron chi connectivity index (χ0n) is 12.8. The molecule has 0 aromatic heterocycles. The monoisotopic (exact) mass is 314 g/mol. The lowest BCUT2D eigenvalue weighted by molar-refractivity contribution is -0.153. The van der Waals surface area contributed by atoms with Crippen LogP contribution in [0.3, 0.4) is 0 Å². The van der Waals surface area contributed by atoms with Crippen molar-refractivity contribution in [1.29, 1.82) is 0 Å². The number of aryl methyl sites for hydroxylation is 1. The van der Waals surface area contributed by atoms with Crippen LogP contribution in [0.2, 0.25) is 0 Å². The Hall–Kier alpha value is -1.40. The first-order valence-electron chi connectivity index (χ1n) is 6.93. The lowest BCUT2D eigenvalue weighted by atomic mass is 10.2. The lowest BCUT2D eigenvalue weighted by Gasteiger charge is -2.16. The number of rotatable bonds is 7. The molecule has 1 unspecified atom stereocenters. The summed E-state index contributed by atoms with van der Waals surface area (Å²) in [5, 5.41) is 0. The van der Waals surface area contributed by atoms with Gasteiger partial charge in [-0.15, -0.1) is 0 Å². The van der Waals surface area contributed by atoms with Gasteiger partial charge in [0.1, 0.15) is 0 Å². The van der Waals surface area contributed by atoms with Crippen LogP contribution in [0.25, 0.3) is 0 Å². The Balaban J connectivity index is 2.79. The number of carbonyl (C=O) groups excluding carboxylic acids is 1. The van der Waals surface area contributed by atoms with E-state index >= 15 is 0 Å². The van der Waals surface area contributed by atoms with Crippen molar-refractivity contribution in [3.63, 3.8) is 0 Å². The standard InChI is InChI=1S/C15H22O5S/c1-5-14(15(16)19-10-11(2)3)20-21(17,18)13-8-6-12(4)7-9-13/h6-9,11,14H,5,10H2,1-4H3. The SMILES string of the molecule is CCC(OS(=O)(=O)c1ccc(C)cc1)C(=O)OCC(C)C. The third kappa shape index (κ3) is 5.47. The molecule has 1 atom stereocenters. The first-order valence-corrected chi connectivity index (χ1v) is 8.33. The Morgan fingerprint density at radius 1 is 1.19 bits per heavy atom. The summed E-state index contributed by atoms with van der Waals surface area (Å²) in [6.45, 7) is 7.57. The van der Waals surface area contributed by atoms with E-state index in [2.05, 4.69) is 0 Å². The Labute approximate surface area is 126 Å². The summed E-state index contributed by atoms with van der Waals surface area (Å²) < 4.78 is 34.3. The van der Waals surface area contributed by atoms with Crippen LogP contribution in [0.15, 0.2) is 29.2 Å². The molecule has 0 aliphatic rings. The molecule has 0 N–H and O–H groups in total. The van der Waals surface area contributed by atoms with E-state index in [1.54, 1.807) is 19.1 Å². The van der Waals surface area contributed by atoms with Crippen LogP contribution in [-0.4, -0.2) is 27.1 Å². The van der Waals surface area contributed by atoms with Crippen LogP contribution in [0.4, 0.5) is 0 Å². The van der Waals surface area contributed by atoms with Gasteiger partial charge in [0.05, 0.1) is 11.5 Å². The molecule has 5 nitrogen and oxygen atoms in total. The minimum Gasteiger partial charge on any atom is -0.463 e. The fourth-order valence-electron chi connectivity index (χ4n) is 1.53. The van der Waals surface area contributed by atoms with Gasteiger partial charge in [-0.2, -0.15) is 8.42 Å². The number of benzene rings is 1. The van der Waals surface area contributed by atoms with Gasteiger partial charge in [0.2, 0.25) is 0 Å². The first-order chi connectivity index (χ1) is 9.76. The van der Waals surface area contributed by atoms with Crippen LogP contribution in [0.5, 0.6) is 0 Å². The molecule has 0 heterocycles. The molecule has 1 aromatic carbocycles. The van der Waals surface area contributed by atoms with Gasteiger partial charge >= 0.3 is 5.97 Å². The highest BCUT2D eigenvalue weighted by atomic mass is 32.2. The molecule has 0 saturated carbocycles. The molecule has 6 heteroatoms. The van der Waals surface area contributed by atoms with E-state index in [4.69, 9.17) is 8.92 Å². The second kappa shape index (κ2) is 7.56. The summed E-state index contributed by atoms with van der Waals surface area (Å²) in [6.07, 6.45) is -0.891. The minimum atomic E-state index is -3.97. The van der Waals surface area contributed by atoms with E-state index in [0.29, 0.717) is 0 Å². The average Bonchev–Trinajstić information content (AvgIpc) is 2.42. The first kappa shape index (κ1) is 17.7. The lowest BCUT2D eigenvalue weighted by Crippen LogP contribution is -2.29. The number of esters is 1. The summed E-state index contributed by atoms with van der Waals surface area (Å²) in [6, 6.07) is 6.26. The second-order valence-electron chi connectivity index (χ2n) is 5.28. The van der Waals surface area contributed by atoms with Crippen LogP contribution < -0.4 is 0 Å². The highest BCUT2D eigenvalue weighted by Crippen LogP contribution is 2.17. The average molecular weight is 314 g/mol. The molecule has 0 fully saturated rings. The van der Waals surface area contributed by atoms with Crippen molar-refractivity contribution >= 4 is 16.1 Å². The van der Waals surface area contributed by atoms with Crippen molar-refractivity contribution in [3.8, 4) is 0 Å². The maximum Gasteiger partial charge on any atom is 0.336 e. The Kier molecular flexibility index (Phi) is 6.36. The van der Waals surface area contributed by atoms with E-state index in [1.165, 1.54) is 12.1 Å². The third-order valence-corrected chi connectivity index (χ3v) is 4.08. The van der Waals surface area contributed by atoms with E-state index < -0.39 is 22.2 Å². The zero-order chi connectivity index (χ0) is 16.0. The van der Waals surface area contributed by atoms with Crippen molar-refractivity contribution in [3.05, 3.63) is 29.8 Å². The molecular formula is C15H22O5S. The Morgan fingerprint density at radius 3 is 2.24 bits per heavy atom. The van der Waals surface area contributed by atoms with E-state index in [-0.39, 0.29) is 23.8 Å². The Morgan fingerprint density at radius 2 is 1.76 bits per heavy atom. The highest BCUT2D eigenvalue weighted by Gasteiger charge is 2.27. The van der Waals surface area contributed by atoms with Crippen LogP contribution in [-0.2, 0) is 23.8 Å². The summed E-state index contributed by atoms with van der Waals surface area (Å²) in [7, 11) is -3.97. The number of ether oxygens (including phenoxy) is 1. The molecular weight excluding hydrogens is 292 g/mol. The van der Waals surface area contributed by atoms with Crippen molar-refractivity contribution < 1.29 is 22.1 Å². The summed E-state index contributed by atoms with van der Waals surface area (Å²) in [5.74, 6) is -0.470. The fourth-order valence-corrected chi connectivity index (χ4v) is 2.63. The van der Waals surface area contributed by atoms with Crippen LogP contribution in [0.1, 0.15) is 32.8 Å². The van der Waals surface area contributed by atoms with Gasteiger partial charge < -0.3 is 4.74 Å². The molecule has 0 aliphatic carbocycles. The number of carbonyl (C=O) groups is 1. The molecule has 21 heavy (non-hydrogen) atoms. The van der Waals surface area contributed by atoms with E-state index in [0.717, 1.165) is 5.56 Å². The van der Waals surface area contributed by atoms with Crippen molar-refractivity contribution in [2.45, 2.75) is 45.1 Å². The molecule has 0 aliphatic heterocycles.